The molecule has 0 saturated carbocycles. The van der Waals surface area contributed by atoms with Crippen LogP contribution >= 0.6 is 11.8 Å². The van der Waals surface area contributed by atoms with Gasteiger partial charge in [-0.05, 0) is 12.5 Å². The van der Waals surface area contributed by atoms with Crippen molar-refractivity contribution in [3.8, 4) is 0 Å². The third-order valence-corrected chi connectivity index (χ3v) is 2.54. The lowest BCUT2D eigenvalue weighted by Gasteiger charge is -2.16. The second-order valence-electron chi connectivity index (χ2n) is 2.57. The summed E-state index contributed by atoms with van der Waals surface area (Å²) in [7, 11) is 4.03. The van der Waals surface area contributed by atoms with Gasteiger partial charge in [0.05, 0.1) is 0 Å². The summed E-state index contributed by atoms with van der Waals surface area (Å²) in [4.78, 5) is 6.29. The SMILES string of the molecule is CC1=CN=C(N(C)C)SC1. The average molecular weight is 156 g/mol. The molecule has 2 nitrogen and oxygen atoms in total. The molecular formula is C7H12N2S. The molecule has 1 aliphatic heterocycles. The van der Waals surface area contributed by atoms with Crippen LogP contribution < -0.4 is 0 Å². The highest BCUT2D eigenvalue weighted by atomic mass is 32.2. The lowest BCUT2D eigenvalue weighted by molar-refractivity contribution is 0.636. The Morgan fingerprint density at radius 2 is 2.30 bits per heavy atom. The van der Waals surface area contributed by atoms with Crippen molar-refractivity contribution in [1.82, 2.24) is 4.90 Å². The van der Waals surface area contributed by atoms with Gasteiger partial charge in [0.2, 0.25) is 0 Å². The fourth-order valence-corrected chi connectivity index (χ4v) is 1.48. The fourth-order valence-electron chi connectivity index (χ4n) is 0.663. The molecule has 1 heterocycles. The van der Waals surface area contributed by atoms with E-state index < -0.39 is 0 Å². The summed E-state index contributed by atoms with van der Waals surface area (Å²) in [6, 6.07) is 0. The Bertz CT molecular complexity index is 182. The molecule has 0 aromatic carbocycles. The minimum Gasteiger partial charge on any atom is -0.357 e. The quantitative estimate of drug-likeness (QED) is 0.529. The Labute approximate surface area is 66.0 Å². The first-order chi connectivity index (χ1) is 4.70. The monoisotopic (exact) mass is 156 g/mol. The summed E-state index contributed by atoms with van der Waals surface area (Å²) in [5.41, 5.74) is 1.34. The van der Waals surface area contributed by atoms with Crippen molar-refractivity contribution in [3.05, 3.63) is 11.8 Å². The van der Waals surface area contributed by atoms with Crippen LogP contribution in [0.4, 0.5) is 0 Å². The molecule has 0 bridgehead atoms. The standard InChI is InChI=1S/C7H12N2S/c1-6-4-8-7(9(2)3)10-5-6/h4H,5H2,1-3H3. The molecule has 0 fully saturated rings. The maximum absolute atomic E-state index is 4.25. The Morgan fingerprint density at radius 3 is 2.70 bits per heavy atom. The van der Waals surface area contributed by atoms with Crippen LogP contribution in [0.5, 0.6) is 0 Å². The Hall–Kier alpha value is -0.440. The molecule has 1 aliphatic rings. The number of amidine groups is 1. The first-order valence-electron chi connectivity index (χ1n) is 3.23. The summed E-state index contributed by atoms with van der Waals surface area (Å²) in [5, 5.41) is 1.10. The largest absolute Gasteiger partial charge is 0.357 e. The van der Waals surface area contributed by atoms with Crippen molar-refractivity contribution in [2.45, 2.75) is 6.92 Å². The molecule has 3 heteroatoms. The first-order valence-corrected chi connectivity index (χ1v) is 4.22. The molecule has 0 spiro atoms. The zero-order valence-corrected chi connectivity index (χ0v) is 7.40. The maximum atomic E-state index is 4.25. The summed E-state index contributed by atoms with van der Waals surface area (Å²) >= 11 is 1.79. The third-order valence-electron chi connectivity index (χ3n) is 1.21. The van der Waals surface area contributed by atoms with E-state index in [9.17, 15) is 0 Å². The fraction of sp³-hybridized carbons (Fsp3) is 0.571. The minimum absolute atomic E-state index is 1.08. The molecular weight excluding hydrogens is 144 g/mol. The van der Waals surface area contributed by atoms with Crippen LogP contribution in [-0.4, -0.2) is 29.9 Å². The molecule has 0 radical (unpaired) electrons. The highest BCUT2D eigenvalue weighted by molar-refractivity contribution is 8.14. The smallest absolute Gasteiger partial charge is 0.163 e. The molecule has 0 aromatic rings. The van der Waals surface area contributed by atoms with Crippen LogP contribution in [0.25, 0.3) is 0 Å². The first kappa shape index (κ1) is 7.66. The van der Waals surface area contributed by atoms with E-state index in [1.807, 2.05) is 25.2 Å². The number of hydrogen-bond acceptors (Lipinski definition) is 3. The van der Waals surface area contributed by atoms with E-state index in [4.69, 9.17) is 0 Å². The van der Waals surface area contributed by atoms with Gasteiger partial charge in [0.15, 0.2) is 5.17 Å². The van der Waals surface area contributed by atoms with Crippen molar-refractivity contribution < 1.29 is 0 Å². The summed E-state index contributed by atoms with van der Waals surface area (Å²) in [6.07, 6.45) is 1.94. The molecule has 0 amide bonds. The van der Waals surface area contributed by atoms with Crippen LogP contribution in [0.2, 0.25) is 0 Å². The molecule has 0 aliphatic carbocycles. The summed E-state index contributed by atoms with van der Waals surface area (Å²) in [6.45, 7) is 2.10. The number of nitrogens with zero attached hydrogens (tertiary/aromatic N) is 2. The molecule has 0 aromatic heterocycles. The lowest BCUT2D eigenvalue weighted by Crippen LogP contribution is -2.20. The normalized spacial score (nSPS) is 17.9. The van der Waals surface area contributed by atoms with Crippen molar-refractivity contribution in [2.24, 2.45) is 4.99 Å². The number of thioether (sulfide) groups is 1. The Morgan fingerprint density at radius 1 is 1.60 bits per heavy atom. The topological polar surface area (TPSA) is 15.6 Å². The van der Waals surface area contributed by atoms with Crippen LogP contribution in [0, 0.1) is 0 Å². The van der Waals surface area contributed by atoms with Crippen LogP contribution in [-0.2, 0) is 0 Å². The van der Waals surface area contributed by atoms with Crippen molar-refractivity contribution >= 4 is 16.9 Å². The maximum Gasteiger partial charge on any atom is 0.163 e. The van der Waals surface area contributed by atoms with Crippen molar-refractivity contribution in [1.29, 1.82) is 0 Å². The number of hydrogen-bond donors (Lipinski definition) is 0. The van der Waals surface area contributed by atoms with Crippen LogP contribution in [0.3, 0.4) is 0 Å². The summed E-state index contributed by atoms with van der Waals surface area (Å²) < 4.78 is 0. The van der Waals surface area contributed by atoms with E-state index >= 15 is 0 Å². The zero-order valence-electron chi connectivity index (χ0n) is 6.59. The molecule has 0 atom stereocenters. The van der Waals surface area contributed by atoms with Gasteiger partial charge in [-0.3, -0.25) is 0 Å². The number of aliphatic imine (C=N–C) groups is 1. The van der Waals surface area contributed by atoms with Gasteiger partial charge in [-0.25, -0.2) is 4.99 Å². The zero-order chi connectivity index (χ0) is 7.56. The van der Waals surface area contributed by atoms with Gasteiger partial charge in [-0.15, -0.1) is 0 Å². The van der Waals surface area contributed by atoms with E-state index in [0.717, 1.165) is 10.9 Å². The number of rotatable bonds is 0. The van der Waals surface area contributed by atoms with Gasteiger partial charge in [0.1, 0.15) is 0 Å². The van der Waals surface area contributed by atoms with Crippen molar-refractivity contribution in [3.63, 3.8) is 0 Å². The molecule has 10 heavy (non-hydrogen) atoms. The Balaban J connectivity index is 2.64. The predicted molar refractivity (Wildman–Crippen MR) is 47.3 cm³/mol. The molecule has 0 N–H and O–H groups in total. The lowest BCUT2D eigenvalue weighted by atomic mass is 10.4. The van der Waals surface area contributed by atoms with Crippen LogP contribution in [0.1, 0.15) is 6.92 Å². The van der Waals surface area contributed by atoms with E-state index in [1.54, 1.807) is 11.8 Å². The van der Waals surface area contributed by atoms with Gasteiger partial charge >= 0.3 is 0 Å². The highest BCUT2D eigenvalue weighted by Gasteiger charge is 2.05. The predicted octanol–water partition coefficient (Wildman–Crippen LogP) is 1.55. The van der Waals surface area contributed by atoms with Gasteiger partial charge in [-0.1, -0.05) is 11.8 Å². The van der Waals surface area contributed by atoms with Crippen LogP contribution in [0.15, 0.2) is 16.8 Å². The molecule has 0 unspecified atom stereocenters. The second-order valence-corrected chi connectivity index (χ2v) is 3.51. The van der Waals surface area contributed by atoms with Gasteiger partial charge in [0, 0.05) is 26.0 Å². The highest BCUT2D eigenvalue weighted by Crippen LogP contribution is 2.16. The molecule has 1 rings (SSSR count). The van der Waals surface area contributed by atoms with E-state index in [2.05, 4.69) is 11.9 Å². The minimum atomic E-state index is 1.08. The van der Waals surface area contributed by atoms with Gasteiger partial charge in [0.25, 0.3) is 0 Å². The van der Waals surface area contributed by atoms with E-state index in [0.29, 0.717) is 0 Å². The average Bonchev–Trinajstić information content (AvgIpc) is 1.88. The summed E-state index contributed by atoms with van der Waals surface area (Å²) in [5.74, 6) is 1.08. The van der Waals surface area contributed by atoms with Crippen molar-refractivity contribution in [2.75, 3.05) is 19.8 Å². The van der Waals surface area contributed by atoms with E-state index in [1.165, 1.54) is 5.57 Å². The molecule has 56 valence electrons. The van der Waals surface area contributed by atoms with E-state index in [-0.39, 0.29) is 0 Å². The third kappa shape index (κ3) is 1.77. The molecule has 0 saturated heterocycles. The second kappa shape index (κ2) is 3.10. The van der Waals surface area contributed by atoms with Gasteiger partial charge in [-0.2, -0.15) is 0 Å². The van der Waals surface area contributed by atoms with Gasteiger partial charge < -0.3 is 4.90 Å². The Kier molecular flexibility index (Phi) is 2.38.